The molecule has 3 heterocycles. The highest BCUT2D eigenvalue weighted by atomic mass is 16.3. The lowest BCUT2D eigenvalue weighted by Gasteiger charge is -2.33. The van der Waals surface area contributed by atoms with E-state index in [9.17, 15) is 5.11 Å². The van der Waals surface area contributed by atoms with Crippen molar-refractivity contribution in [1.29, 1.82) is 0 Å². The van der Waals surface area contributed by atoms with E-state index in [0.29, 0.717) is 5.75 Å². The molecule has 0 spiro atoms. The molecule has 0 unspecified atom stereocenters. The van der Waals surface area contributed by atoms with E-state index in [1.165, 1.54) is 0 Å². The molecule has 3 rings (SSSR count). The zero-order valence-corrected chi connectivity index (χ0v) is 14.4. The van der Waals surface area contributed by atoms with Gasteiger partial charge in [-0.15, -0.1) is 0 Å². The van der Waals surface area contributed by atoms with Gasteiger partial charge < -0.3 is 14.9 Å². The molecule has 0 radical (unpaired) electrons. The molecule has 2 saturated heterocycles. The molecule has 1 N–H and O–H groups in total. The van der Waals surface area contributed by atoms with Gasteiger partial charge in [0.2, 0.25) is 0 Å². The van der Waals surface area contributed by atoms with E-state index in [-0.39, 0.29) is 0 Å². The standard InChI is InChI=1S/C17H29N5O/c1-19-5-9-21(10-6-19)13-15-3-4-17(23)16(18-15)14-22-11-7-20(2)8-12-22/h3-4,23H,5-14H2,1-2H3. The maximum atomic E-state index is 10.1. The number of nitrogens with zero attached hydrogens (tertiary/aromatic N) is 5. The first-order valence-electron chi connectivity index (χ1n) is 8.60. The van der Waals surface area contributed by atoms with E-state index in [4.69, 9.17) is 4.98 Å². The van der Waals surface area contributed by atoms with E-state index in [0.717, 1.165) is 76.8 Å². The van der Waals surface area contributed by atoms with Gasteiger partial charge in [0.1, 0.15) is 5.75 Å². The van der Waals surface area contributed by atoms with Crippen LogP contribution in [0.25, 0.3) is 0 Å². The highest BCUT2D eigenvalue weighted by molar-refractivity contribution is 5.28. The topological polar surface area (TPSA) is 46.1 Å². The van der Waals surface area contributed by atoms with Crippen LogP contribution in [-0.4, -0.2) is 96.1 Å². The number of likely N-dealkylation sites (N-methyl/N-ethyl adjacent to an activating group) is 2. The van der Waals surface area contributed by atoms with Crippen molar-refractivity contribution >= 4 is 0 Å². The summed E-state index contributed by atoms with van der Waals surface area (Å²) in [5.41, 5.74) is 1.89. The Labute approximate surface area is 139 Å². The van der Waals surface area contributed by atoms with E-state index < -0.39 is 0 Å². The Hall–Kier alpha value is -1.21. The Kier molecular flexibility index (Phi) is 5.48. The fraction of sp³-hybridized carbons (Fsp3) is 0.706. The number of hydrogen-bond donors (Lipinski definition) is 1. The second-order valence-corrected chi connectivity index (χ2v) is 6.93. The highest BCUT2D eigenvalue weighted by Crippen LogP contribution is 2.19. The van der Waals surface area contributed by atoms with Crippen molar-refractivity contribution in [3.63, 3.8) is 0 Å². The fourth-order valence-electron chi connectivity index (χ4n) is 3.20. The summed E-state index contributed by atoms with van der Waals surface area (Å²) in [5, 5.41) is 10.1. The zero-order valence-electron chi connectivity index (χ0n) is 14.4. The molecular formula is C17H29N5O. The van der Waals surface area contributed by atoms with Gasteiger partial charge in [0.25, 0.3) is 0 Å². The third kappa shape index (κ3) is 4.64. The number of aromatic nitrogens is 1. The SMILES string of the molecule is CN1CCN(Cc2ccc(O)c(CN3CCN(C)CC3)n2)CC1. The Balaban J connectivity index is 1.60. The van der Waals surface area contributed by atoms with Crippen LogP contribution in [0.1, 0.15) is 11.4 Å². The minimum absolute atomic E-state index is 0.325. The first-order chi connectivity index (χ1) is 11.1. The van der Waals surface area contributed by atoms with Crippen LogP contribution in [0, 0.1) is 0 Å². The molecule has 0 atom stereocenters. The molecule has 128 valence electrons. The van der Waals surface area contributed by atoms with Gasteiger partial charge in [-0.1, -0.05) is 0 Å². The van der Waals surface area contributed by atoms with Crippen LogP contribution in [-0.2, 0) is 13.1 Å². The number of rotatable bonds is 4. The molecule has 0 aromatic carbocycles. The molecule has 2 fully saturated rings. The first-order valence-corrected chi connectivity index (χ1v) is 8.60. The summed E-state index contributed by atoms with van der Waals surface area (Å²) < 4.78 is 0. The van der Waals surface area contributed by atoms with Crippen molar-refractivity contribution in [3.8, 4) is 5.75 Å². The minimum atomic E-state index is 0.325. The molecule has 1 aromatic heterocycles. The monoisotopic (exact) mass is 319 g/mol. The summed E-state index contributed by atoms with van der Waals surface area (Å²) in [6.07, 6.45) is 0. The number of pyridine rings is 1. The lowest BCUT2D eigenvalue weighted by molar-refractivity contribution is 0.143. The summed E-state index contributed by atoms with van der Waals surface area (Å²) >= 11 is 0. The summed E-state index contributed by atoms with van der Waals surface area (Å²) in [7, 11) is 4.33. The van der Waals surface area contributed by atoms with Crippen molar-refractivity contribution in [2.75, 3.05) is 66.5 Å². The van der Waals surface area contributed by atoms with E-state index in [2.05, 4.69) is 33.7 Å². The van der Waals surface area contributed by atoms with Gasteiger partial charge >= 0.3 is 0 Å². The summed E-state index contributed by atoms with van der Waals surface area (Å²) in [5.74, 6) is 0.325. The summed E-state index contributed by atoms with van der Waals surface area (Å²) in [6.45, 7) is 10.3. The molecule has 6 heteroatoms. The molecule has 2 aliphatic rings. The van der Waals surface area contributed by atoms with Gasteiger partial charge in [0.05, 0.1) is 11.4 Å². The molecule has 1 aromatic rings. The Bertz CT molecular complexity index is 508. The van der Waals surface area contributed by atoms with Crippen molar-refractivity contribution < 1.29 is 5.11 Å². The Morgan fingerprint density at radius 3 is 1.91 bits per heavy atom. The lowest BCUT2D eigenvalue weighted by Crippen LogP contribution is -2.44. The number of hydrogen-bond acceptors (Lipinski definition) is 6. The minimum Gasteiger partial charge on any atom is -0.506 e. The molecule has 6 nitrogen and oxygen atoms in total. The smallest absolute Gasteiger partial charge is 0.138 e. The van der Waals surface area contributed by atoms with Crippen molar-refractivity contribution in [2.45, 2.75) is 13.1 Å². The average molecular weight is 319 g/mol. The number of aromatic hydroxyl groups is 1. The summed E-state index contributed by atoms with van der Waals surface area (Å²) in [6, 6.07) is 3.77. The lowest BCUT2D eigenvalue weighted by atomic mass is 10.2. The molecular weight excluding hydrogens is 290 g/mol. The van der Waals surface area contributed by atoms with Gasteiger partial charge in [-0.2, -0.15) is 0 Å². The van der Waals surface area contributed by atoms with Crippen LogP contribution in [0.4, 0.5) is 0 Å². The molecule has 0 saturated carbocycles. The second-order valence-electron chi connectivity index (χ2n) is 6.93. The van der Waals surface area contributed by atoms with Crippen LogP contribution >= 0.6 is 0 Å². The first kappa shape index (κ1) is 16.6. The maximum absolute atomic E-state index is 10.1. The predicted octanol–water partition coefficient (Wildman–Crippen LogP) is 0.282. The Morgan fingerprint density at radius 2 is 1.35 bits per heavy atom. The van der Waals surface area contributed by atoms with Gasteiger partial charge in [-0.25, -0.2) is 0 Å². The van der Waals surface area contributed by atoms with E-state index in [1.807, 2.05) is 12.1 Å². The third-order valence-electron chi connectivity index (χ3n) is 4.96. The third-order valence-corrected chi connectivity index (χ3v) is 4.96. The molecule has 0 aliphatic carbocycles. The highest BCUT2D eigenvalue weighted by Gasteiger charge is 2.18. The fourth-order valence-corrected chi connectivity index (χ4v) is 3.20. The number of piperazine rings is 2. The van der Waals surface area contributed by atoms with Gasteiger partial charge in [0.15, 0.2) is 0 Å². The van der Waals surface area contributed by atoms with Crippen LogP contribution < -0.4 is 0 Å². The van der Waals surface area contributed by atoms with Crippen molar-refractivity contribution in [2.24, 2.45) is 0 Å². The van der Waals surface area contributed by atoms with Crippen molar-refractivity contribution in [1.82, 2.24) is 24.6 Å². The average Bonchev–Trinajstić information content (AvgIpc) is 2.55. The van der Waals surface area contributed by atoms with E-state index in [1.54, 1.807) is 0 Å². The normalized spacial score (nSPS) is 22.5. The molecule has 0 bridgehead atoms. The van der Waals surface area contributed by atoms with E-state index >= 15 is 0 Å². The summed E-state index contributed by atoms with van der Waals surface area (Å²) in [4.78, 5) is 14.3. The maximum Gasteiger partial charge on any atom is 0.138 e. The van der Waals surface area contributed by atoms with Gasteiger partial charge in [-0.05, 0) is 26.2 Å². The van der Waals surface area contributed by atoms with Crippen LogP contribution in [0.15, 0.2) is 12.1 Å². The quantitative estimate of drug-likeness (QED) is 0.860. The van der Waals surface area contributed by atoms with Crippen LogP contribution in [0.3, 0.4) is 0 Å². The predicted molar refractivity (Wildman–Crippen MR) is 91.4 cm³/mol. The Morgan fingerprint density at radius 1 is 0.826 bits per heavy atom. The largest absolute Gasteiger partial charge is 0.506 e. The van der Waals surface area contributed by atoms with Crippen molar-refractivity contribution in [3.05, 3.63) is 23.5 Å². The van der Waals surface area contributed by atoms with Gasteiger partial charge in [0, 0.05) is 65.4 Å². The zero-order chi connectivity index (χ0) is 16.2. The molecule has 0 amide bonds. The molecule has 23 heavy (non-hydrogen) atoms. The molecule has 2 aliphatic heterocycles. The van der Waals surface area contributed by atoms with Crippen LogP contribution in [0.2, 0.25) is 0 Å². The van der Waals surface area contributed by atoms with Crippen LogP contribution in [0.5, 0.6) is 5.75 Å². The van der Waals surface area contributed by atoms with Gasteiger partial charge in [-0.3, -0.25) is 14.8 Å². The second kappa shape index (κ2) is 7.57.